The Labute approximate surface area is 297 Å². The maximum atomic E-state index is 5.01. The molecule has 4 nitrogen and oxygen atoms in total. The Kier molecular flexibility index (Phi) is 5.34. The van der Waals surface area contributed by atoms with Gasteiger partial charge in [0, 0.05) is 65.6 Å². The normalized spacial score (nSPS) is 15.8. The number of nitrogens with zero attached hydrogens (tertiary/aromatic N) is 4. The van der Waals surface area contributed by atoms with Crippen LogP contribution in [0.25, 0.3) is 66.2 Å². The summed E-state index contributed by atoms with van der Waals surface area (Å²) in [6.45, 7) is 0. The minimum Gasteiger partial charge on any atom is -0.309 e. The second-order valence-electron chi connectivity index (χ2n) is 13.6. The molecule has 0 radical (unpaired) electrons. The van der Waals surface area contributed by atoms with E-state index in [1.807, 2.05) is 18.0 Å². The third kappa shape index (κ3) is 3.44. The van der Waals surface area contributed by atoms with Gasteiger partial charge in [-0.2, -0.15) is 5.10 Å². The summed E-state index contributed by atoms with van der Waals surface area (Å²) in [6, 6.07) is 60.1. The highest BCUT2D eigenvalue weighted by Gasteiger charge is 2.51. The Hall–Kier alpha value is -6.30. The zero-order valence-electron chi connectivity index (χ0n) is 27.4. The number of aromatic nitrogens is 4. The van der Waals surface area contributed by atoms with Crippen molar-refractivity contribution in [3.8, 4) is 22.6 Å². The molecule has 0 bridgehead atoms. The fourth-order valence-electron chi connectivity index (χ4n) is 9.16. The molecule has 1 atom stereocenters. The van der Waals surface area contributed by atoms with E-state index in [2.05, 4.69) is 178 Å². The summed E-state index contributed by atoms with van der Waals surface area (Å²) in [7, 11) is 0. The Morgan fingerprint density at radius 2 is 0.980 bits per heavy atom. The van der Waals surface area contributed by atoms with Gasteiger partial charge in [-0.25, -0.2) is 4.68 Å². The van der Waals surface area contributed by atoms with Crippen LogP contribution in [0.5, 0.6) is 0 Å². The number of benzene rings is 7. The lowest BCUT2D eigenvalue weighted by molar-refractivity contribution is 0.467. The summed E-state index contributed by atoms with van der Waals surface area (Å²) in [6.07, 6.45) is 1.94. The molecule has 51 heavy (non-hydrogen) atoms. The minimum atomic E-state index is -0.539. The van der Waals surface area contributed by atoms with Crippen LogP contribution in [0.3, 0.4) is 0 Å². The van der Waals surface area contributed by atoms with Crippen molar-refractivity contribution in [3.05, 3.63) is 187 Å². The molecular weight excluding hydrogens is 641 g/mol. The highest BCUT2D eigenvalue weighted by Crippen LogP contribution is 2.58. The molecule has 0 N–H and O–H groups in total. The molecule has 7 aromatic carbocycles. The summed E-state index contributed by atoms with van der Waals surface area (Å²) in [4.78, 5) is 2.51. The van der Waals surface area contributed by atoms with Crippen LogP contribution >= 0.6 is 11.8 Å². The predicted molar refractivity (Wildman–Crippen MR) is 209 cm³/mol. The third-order valence-corrected chi connectivity index (χ3v) is 12.3. The van der Waals surface area contributed by atoms with Gasteiger partial charge >= 0.3 is 0 Å². The van der Waals surface area contributed by atoms with Crippen molar-refractivity contribution in [3.63, 3.8) is 0 Å². The van der Waals surface area contributed by atoms with E-state index in [1.54, 1.807) is 0 Å². The van der Waals surface area contributed by atoms with E-state index in [1.165, 1.54) is 75.7 Å². The first-order valence-corrected chi connectivity index (χ1v) is 18.2. The number of para-hydroxylation sites is 3. The molecule has 1 unspecified atom stereocenters. The number of hydrogen-bond acceptors (Lipinski definition) is 2. The zero-order chi connectivity index (χ0) is 33.3. The highest BCUT2D eigenvalue weighted by atomic mass is 32.2. The van der Waals surface area contributed by atoms with Crippen molar-refractivity contribution in [1.29, 1.82) is 0 Å². The van der Waals surface area contributed by atoms with Gasteiger partial charge in [0.25, 0.3) is 0 Å². The molecule has 5 heterocycles. The molecule has 5 heteroatoms. The molecule has 2 aliphatic heterocycles. The van der Waals surface area contributed by atoms with Crippen molar-refractivity contribution in [2.45, 2.75) is 15.3 Å². The molecule has 3 aromatic heterocycles. The van der Waals surface area contributed by atoms with E-state index in [0.29, 0.717) is 0 Å². The lowest BCUT2D eigenvalue weighted by Gasteiger charge is -2.39. The first-order chi connectivity index (χ1) is 25.3. The van der Waals surface area contributed by atoms with Crippen LogP contribution < -0.4 is 0 Å². The van der Waals surface area contributed by atoms with Crippen molar-refractivity contribution in [1.82, 2.24) is 18.9 Å². The van der Waals surface area contributed by atoms with Crippen molar-refractivity contribution >= 4 is 55.4 Å². The topological polar surface area (TPSA) is 27.7 Å². The summed E-state index contributed by atoms with van der Waals surface area (Å²) in [5.41, 5.74) is 12.8. The summed E-state index contributed by atoms with van der Waals surface area (Å²) in [5, 5.41) is 10.0. The van der Waals surface area contributed by atoms with E-state index in [-0.39, 0.29) is 0 Å². The Bertz CT molecular complexity index is 3030. The van der Waals surface area contributed by atoms with E-state index < -0.39 is 5.54 Å². The maximum Gasteiger partial charge on any atom is 0.141 e. The molecule has 0 saturated carbocycles. The van der Waals surface area contributed by atoms with Crippen molar-refractivity contribution in [2.75, 3.05) is 0 Å². The predicted octanol–water partition coefficient (Wildman–Crippen LogP) is 11.4. The average molecular weight is 669 g/mol. The van der Waals surface area contributed by atoms with E-state index in [9.17, 15) is 0 Å². The average Bonchev–Trinajstić information content (AvgIpc) is 3.94. The summed E-state index contributed by atoms with van der Waals surface area (Å²) in [5.74, 6) is 0. The van der Waals surface area contributed by atoms with Gasteiger partial charge in [0.2, 0.25) is 0 Å². The minimum absolute atomic E-state index is 0.539. The largest absolute Gasteiger partial charge is 0.309 e. The van der Waals surface area contributed by atoms with Gasteiger partial charge in [-0.15, -0.1) is 0 Å². The quantitative estimate of drug-likeness (QED) is 0.183. The fourth-order valence-corrected chi connectivity index (χ4v) is 10.4. The van der Waals surface area contributed by atoms with Crippen LogP contribution in [0.2, 0.25) is 0 Å². The maximum absolute atomic E-state index is 5.01. The van der Waals surface area contributed by atoms with Crippen LogP contribution in [-0.2, 0) is 5.54 Å². The van der Waals surface area contributed by atoms with Crippen molar-refractivity contribution < 1.29 is 0 Å². The van der Waals surface area contributed by atoms with Gasteiger partial charge < -0.3 is 9.13 Å². The smallest absolute Gasteiger partial charge is 0.141 e. The van der Waals surface area contributed by atoms with Crippen LogP contribution in [-0.4, -0.2) is 18.9 Å². The standard InChI is InChI=1S/C46H28N4S/c1-5-15-36-34(14-1)43-25-26-47-50(43)46(36)37-16-6-10-20-44(37)51-45-28-30(21-23-38(45)46)49-41-19-9-4-13-33(41)35-27-29(22-24-42(35)49)48-39-17-7-2-11-31(39)32-12-3-8-18-40(32)48/h1-28H. The molecule has 0 saturated heterocycles. The van der Waals surface area contributed by atoms with Crippen LogP contribution in [0, 0.1) is 0 Å². The lowest BCUT2D eigenvalue weighted by Crippen LogP contribution is -2.38. The number of fused-ring (bicyclic) bond motifs is 15. The molecule has 0 amide bonds. The van der Waals surface area contributed by atoms with Crippen molar-refractivity contribution in [2.24, 2.45) is 0 Å². The van der Waals surface area contributed by atoms with Crippen LogP contribution in [0.15, 0.2) is 180 Å². The van der Waals surface area contributed by atoms with Crippen LogP contribution in [0.4, 0.5) is 0 Å². The lowest BCUT2D eigenvalue weighted by atomic mass is 9.77. The second kappa shape index (κ2) is 9.90. The molecule has 0 aliphatic carbocycles. The Morgan fingerprint density at radius 1 is 0.431 bits per heavy atom. The molecule has 1 spiro atoms. The van der Waals surface area contributed by atoms with Gasteiger partial charge in [-0.05, 0) is 66.2 Å². The molecule has 2 aliphatic rings. The fraction of sp³-hybridized carbons (Fsp3) is 0.0217. The Morgan fingerprint density at radius 3 is 1.73 bits per heavy atom. The summed E-state index contributed by atoms with van der Waals surface area (Å²) < 4.78 is 7.10. The monoisotopic (exact) mass is 668 g/mol. The number of hydrogen-bond donors (Lipinski definition) is 0. The van der Waals surface area contributed by atoms with Gasteiger partial charge in [0.15, 0.2) is 0 Å². The van der Waals surface area contributed by atoms with Gasteiger partial charge in [0.05, 0.1) is 27.8 Å². The molecule has 0 fully saturated rings. The Balaban J connectivity index is 1.10. The number of rotatable bonds is 2. The van der Waals surface area contributed by atoms with Gasteiger partial charge in [-0.1, -0.05) is 115 Å². The highest BCUT2D eigenvalue weighted by molar-refractivity contribution is 7.99. The van der Waals surface area contributed by atoms with Gasteiger partial charge in [-0.3, -0.25) is 0 Å². The zero-order valence-corrected chi connectivity index (χ0v) is 28.2. The third-order valence-electron chi connectivity index (χ3n) is 11.2. The van der Waals surface area contributed by atoms with E-state index in [0.717, 1.165) is 17.1 Å². The van der Waals surface area contributed by atoms with E-state index >= 15 is 0 Å². The molecular formula is C46H28N4S. The van der Waals surface area contributed by atoms with Gasteiger partial charge in [0.1, 0.15) is 5.54 Å². The summed E-state index contributed by atoms with van der Waals surface area (Å²) >= 11 is 1.86. The van der Waals surface area contributed by atoms with E-state index in [4.69, 9.17) is 5.10 Å². The molecule has 10 aromatic rings. The molecule has 12 rings (SSSR count). The van der Waals surface area contributed by atoms with Crippen LogP contribution in [0.1, 0.15) is 16.7 Å². The molecule has 238 valence electrons. The first kappa shape index (κ1) is 27.5. The SMILES string of the molecule is c1ccc2c(c1)Sc1cc(-n3c4ccccc4c4cc(-n5c6ccccc6c6ccccc65)ccc43)ccc1C21c2ccccc2-c2ccnn21. The first-order valence-electron chi connectivity index (χ1n) is 17.4. The second-order valence-corrected chi connectivity index (χ2v) is 14.7.